The van der Waals surface area contributed by atoms with Crippen LogP contribution in [0.2, 0.25) is 0 Å². The van der Waals surface area contributed by atoms with Gasteiger partial charge in [0, 0.05) is 23.4 Å². The molecule has 39 heavy (non-hydrogen) atoms. The number of carbonyl (C=O) groups is 3. The van der Waals surface area contributed by atoms with E-state index in [1.807, 2.05) is 0 Å². The van der Waals surface area contributed by atoms with Crippen LogP contribution in [0.15, 0.2) is 72.8 Å². The molecule has 3 aromatic carbocycles. The maximum Gasteiger partial charge on any atom is 0.318 e. The molecule has 1 atom stereocenters. The van der Waals surface area contributed by atoms with E-state index in [0.29, 0.717) is 41.1 Å². The summed E-state index contributed by atoms with van der Waals surface area (Å²) in [6, 6.07) is 17.1. The third-order valence-electron chi connectivity index (χ3n) is 6.31. The summed E-state index contributed by atoms with van der Waals surface area (Å²) in [6.07, 6.45) is 7.66. The van der Waals surface area contributed by atoms with Crippen molar-refractivity contribution in [1.82, 2.24) is 0 Å². The molecule has 0 aliphatic heterocycles. The van der Waals surface area contributed by atoms with Gasteiger partial charge in [-0.15, -0.1) is 0 Å². The number of esters is 1. The minimum absolute atomic E-state index is 0.163. The van der Waals surface area contributed by atoms with Crippen LogP contribution in [0.1, 0.15) is 72.3 Å². The molecule has 5 N–H and O–H groups in total. The maximum absolute atomic E-state index is 13.2. The molecular weight excluding hydrogens is 499 g/mol. The van der Waals surface area contributed by atoms with E-state index < -0.39 is 23.7 Å². The summed E-state index contributed by atoms with van der Waals surface area (Å²) in [6.45, 7) is 0. The molecule has 3 aromatic rings. The fourth-order valence-electron chi connectivity index (χ4n) is 4.18. The zero-order valence-electron chi connectivity index (χ0n) is 21.6. The Labute approximate surface area is 227 Å². The molecule has 0 saturated carbocycles. The molecule has 0 saturated heterocycles. The Bertz CT molecular complexity index is 1300. The van der Waals surface area contributed by atoms with Crippen LogP contribution in [0.4, 0.5) is 15.8 Å². The molecule has 0 bridgehead atoms. The largest absolute Gasteiger partial charge is 0.481 e. The van der Waals surface area contributed by atoms with Gasteiger partial charge in [0.25, 0.3) is 0 Å². The minimum Gasteiger partial charge on any atom is -0.481 e. The van der Waals surface area contributed by atoms with E-state index in [4.69, 9.17) is 21.3 Å². The number of ketones is 1. The van der Waals surface area contributed by atoms with E-state index in [2.05, 4.69) is 0 Å². The average Bonchev–Trinajstić information content (AvgIpc) is 2.90. The van der Waals surface area contributed by atoms with Crippen LogP contribution in [0.25, 0.3) is 6.08 Å². The van der Waals surface area contributed by atoms with Crippen LogP contribution in [-0.2, 0) is 9.59 Å². The number of anilines is 2. The van der Waals surface area contributed by atoms with Gasteiger partial charge in [-0.1, -0.05) is 50.0 Å². The number of aliphatic carboxylic acids is 1. The molecule has 7 nitrogen and oxygen atoms in total. The molecule has 0 aliphatic carbocycles. The molecule has 204 valence electrons. The van der Waals surface area contributed by atoms with Gasteiger partial charge in [-0.25, -0.2) is 4.39 Å². The number of carbonyl (C=O) groups excluding carboxylic acids is 2. The van der Waals surface area contributed by atoms with Crippen molar-refractivity contribution in [1.29, 1.82) is 0 Å². The zero-order chi connectivity index (χ0) is 28.2. The highest BCUT2D eigenvalue weighted by Crippen LogP contribution is 2.31. The van der Waals surface area contributed by atoms with E-state index in [-0.39, 0.29) is 12.2 Å². The van der Waals surface area contributed by atoms with Gasteiger partial charge in [0.1, 0.15) is 11.6 Å². The number of benzene rings is 3. The Hall–Kier alpha value is -4.46. The minimum atomic E-state index is -0.792. The molecule has 0 spiro atoms. The number of allylic oxidation sites excluding steroid dienone is 1. The Morgan fingerprint density at radius 3 is 2.21 bits per heavy atom. The molecular formula is C31H33FN2O5. The van der Waals surface area contributed by atoms with Crippen LogP contribution in [0.5, 0.6) is 5.75 Å². The molecule has 3 rings (SSSR count). The van der Waals surface area contributed by atoms with Gasteiger partial charge in [0.15, 0.2) is 5.78 Å². The Morgan fingerprint density at radius 2 is 1.54 bits per heavy atom. The fraction of sp³-hybridized carbons (Fsp3) is 0.258. The molecule has 1 unspecified atom stereocenters. The lowest BCUT2D eigenvalue weighted by atomic mass is 9.91. The van der Waals surface area contributed by atoms with Gasteiger partial charge in [-0.2, -0.15) is 0 Å². The average molecular weight is 533 g/mol. The van der Waals surface area contributed by atoms with E-state index in [9.17, 15) is 18.8 Å². The van der Waals surface area contributed by atoms with Crippen LogP contribution in [0.3, 0.4) is 0 Å². The molecule has 0 amide bonds. The third kappa shape index (κ3) is 9.41. The van der Waals surface area contributed by atoms with Crippen molar-refractivity contribution < 1.29 is 28.6 Å². The SMILES string of the molecule is Nc1ccc(C(CCCCCCCC(=O)O)C(=O)Oc2ccc(C=CC(=O)c3ccc(F)cc3)cc2)c(N)c1. The molecule has 0 radical (unpaired) electrons. The van der Waals surface area contributed by atoms with E-state index in [0.717, 1.165) is 31.2 Å². The first-order chi connectivity index (χ1) is 18.7. The monoisotopic (exact) mass is 532 g/mol. The second kappa shape index (κ2) is 14.5. The second-order valence-electron chi connectivity index (χ2n) is 9.34. The number of hydrogen-bond acceptors (Lipinski definition) is 6. The third-order valence-corrected chi connectivity index (χ3v) is 6.31. The van der Waals surface area contributed by atoms with Gasteiger partial charge < -0.3 is 21.3 Å². The summed E-state index contributed by atoms with van der Waals surface area (Å²) >= 11 is 0. The summed E-state index contributed by atoms with van der Waals surface area (Å²) < 4.78 is 18.7. The standard InChI is InChI=1S/C31H33FN2O5/c32-23-13-11-22(12-14-23)29(35)19-10-21-8-16-25(17-9-21)39-31(38)27(26-18-15-24(33)20-28(26)34)6-4-2-1-3-5-7-30(36)37/h8-20,27H,1-7,33-34H2,(H,36,37). The van der Waals surface area contributed by atoms with Crippen LogP contribution in [0, 0.1) is 5.82 Å². The summed E-state index contributed by atoms with van der Waals surface area (Å²) in [5, 5.41) is 8.76. The molecule has 8 heteroatoms. The predicted octanol–water partition coefficient (Wildman–Crippen LogP) is 6.39. The first kappa shape index (κ1) is 29.1. The number of nitrogen functional groups attached to an aromatic ring is 2. The Morgan fingerprint density at radius 1 is 0.872 bits per heavy atom. The first-order valence-corrected chi connectivity index (χ1v) is 12.9. The lowest BCUT2D eigenvalue weighted by Gasteiger charge is -2.18. The highest BCUT2D eigenvalue weighted by Gasteiger charge is 2.24. The van der Waals surface area contributed by atoms with Crippen LogP contribution < -0.4 is 16.2 Å². The van der Waals surface area contributed by atoms with Crippen molar-refractivity contribution in [2.24, 2.45) is 0 Å². The number of rotatable bonds is 14. The topological polar surface area (TPSA) is 133 Å². The van der Waals surface area contributed by atoms with Gasteiger partial charge in [0.05, 0.1) is 5.92 Å². The maximum atomic E-state index is 13.2. The number of carboxylic acids is 1. The van der Waals surface area contributed by atoms with Crippen molar-refractivity contribution in [3.05, 3.63) is 95.3 Å². The lowest BCUT2D eigenvalue weighted by molar-refractivity contribution is -0.137. The number of unbranched alkanes of at least 4 members (excludes halogenated alkanes) is 4. The smallest absolute Gasteiger partial charge is 0.318 e. The zero-order valence-corrected chi connectivity index (χ0v) is 21.6. The summed E-state index contributed by atoms with van der Waals surface area (Å²) in [7, 11) is 0. The summed E-state index contributed by atoms with van der Waals surface area (Å²) in [5.74, 6) is -2.12. The van der Waals surface area contributed by atoms with E-state index in [1.165, 1.54) is 30.3 Å². The number of hydrogen-bond donors (Lipinski definition) is 3. The normalized spacial score (nSPS) is 11.8. The first-order valence-electron chi connectivity index (χ1n) is 12.9. The van der Waals surface area contributed by atoms with Crippen LogP contribution >= 0.6 is 0 Å². The summed E-state index contributed by atoms with van der Waals surface area (Å²) in [5.41, 5.74) is 14.7. The van der Waals surface area contributed by atoms with Gasteiger partial charge in [-0.3, -0.25) is 14.4 Å². The number of ether oxygens (including phenoxy) is 1. The molecule has 0 aliphatic rings. The van der Waals surface area contributed by atoms with Crippen molar-refractivity contribution in [2.45, 2.75) is 50.9 Å². The van der Waals surface area contributed by atoms with E-state index in [1.54, 1.807) is 48.5 Å². The highest BCUT2D eigenvalue weighted by molar-refractivity contribution is 6.06. The highest BCUT2D eigenvalue weighted by atomic mass is 19.1. The van der Waals surface area contributed by atoms with Gasteiger partial charge in [0.2, 0.25) is 0 Å². The molecule has 0 fully saturated rings. The Balaban J connectivity index is 1.62. The van der Waals surface area contributed by atoms with E-state index >= 15 is 0 Å². The van der Waals surface area contributed by atoms with Crippen LogP contribution in [-0.4, -0.2) is 22.8 Å². The fourth-order valence-corrected chi connectivity index (χ4v) is 4.18. The van der Waals surface area contributed by atoms with Crippen molar-refractivity contribution in [3.8, 4) is 5.75 Å². The predicted molar refractivity (Wildman–Crippen MR) is 150 cm³/mol. The van der Waals surface area contributed by atoms with Gasteiger partial charge >= 0.3 is 11.9 Å². The van der Waals surface area contributed by atoms with Crippen molar-refractivity contribution in [3.63, 3.8) is 0 Å². The van der Waals surface area contributed by atoms with Crippen molar-refractivity contribution >= 4 is 35.2 Å². The van der Waals surface area contributed by atoms with Crippen molar-refractivity contribution in [2.75, 3.05) is 11.5 Å². The summed E-state index contributed by atoms with van der Waals surface area (Å²) in [4.78, 5) is 36.1. The second-order valence-corrected chi connectivity index (χ2v) is 9.34. The van der Waals surface area contributed by atoms with Gasteiger partial charge in [-0.05, 0) is 78.6 Å². The quantitative estimate of drug-likeness (QED) is 0.0547. The number of halogens is 1. The molecule has 0 aromatic heterocycles. The number of carboxylic acid groups (broad SMARTS) is 1. The Kier molecular flexibility index (Phi) is 10.8. The lowest BCUT2D eigenvalue weighted by Crippen LogP contribution is -2.20. The number of nitrogens with two attached hydrogens (primary N) is 2. The molecule has 0 heterocycles.